The van der Waals surface area contributed by atoms with Crippen LogP contribution in [0, 0.1) is 6.92 Å². The Morgan fingerprint density at radius 3 is 2.40 bits per heavy atom. The molecule has 1 atom stereocenters. The van der Waals surface area contributed by atoms with Crippen molar-refractivity contribution in [3.05, 3.63) is 65.7 Å². The van der Waals surface area contributed by atoms with Crippen LogP contribution in [0.4, 0.5) is 5.69 Å². The predicted octanol–water partition coefficient (Wildman–Crippen LogP) is 0.649. The normalized spacial score (nSPS) is 23.0. The zero-order valence-electron chi connectivity index (χ0n) is 14.7. The van der Waals surface area contributed by atoms with Crippen LogP contribution in [-0.4, -0.2) is 28.6 Å². The number of rotatable bonds is 2. The molecule has 1 N–H and O–H groups in total. The Bertz CT molecular complexity index is 757. The number of aliphatic hydroxyl groups is 1. The lowest BCUT2D eigenvalue weighted by atomic mass is 10.0. The number of amidine groups is 1. The van der Waals surface area contributed by atoms with Crippen LogP contribution in [0.25, 0.3) is 0 Å². The van der Waals surface area contributed by atoms with E-state index >= 15 is 0 Å². The third-order valence-corrected chi connectivity index (χ3v) is 5.31. The van der Waals surface area contributed by atoms with Crippen molar-refractivity contribution < 1.29 is 26.7 Å². The Morgan fingerprint density at radius 2 is 1.68 bits per heavy atom. The van der Waals surface area contributed by atoms with Gasteiger partial charge in [-0.15, -0.1) is 0 Å². The molecule has 4 rings (SSSR count). The highest BCUT2D eigenvalue weighted by atomic mass is 79.9. The van der Waals surface area contributed by atoms with Crippen LogP contribution in [0.2, 0.25) is 0 Å². The molecule has 132 valence electrons. The molecule has 0 aromatic heterocycles. The standard InChI is InChI=1S/C21H25N2O.BrH/c1-17-11-13-18(14-12-17)21(24)16-22(19-8-4-2-5-9-19)20-10-6-3-7-15-23(20)21;/h2,4-5,8-9,11-14,24H,3,6-7,10,15-16H2,1H3;1H/q+1;/p-1. The fourth-order valence-electron chi connectivity index (χ4n) is 3.99. The highest BCUT2D eigenvalue weighted by molar-refractivity contribution is 5.95. The second-order valence-corrected chi connectivity index (χ2v) is 6.98. The van der Waals surface area contributed by atoms with Gasteiger partial charge in [-0.25, -0.2) is 9.48 Å². The van der Waals surface area contributed by atoms with Gasteiger partial charge in [0.2, 0.25) is 0 Å². The number of anilines is 1. The number of hydrogen-bond acceptors (Lipinski definition) is 2. The summed E-state index contributed by atoms with van der Waals surface area (Å²) in [5.41, 5.74) is 2.44. The molecule has 0 saturated carbocycles. The number of β-amino-alcohol motifs (C(OH)–C–C–N with tert-alkyl or cyclic N) is 1. The van der Waals surface area contributed by atoms with Gasteiger partial charge in [-0.3, -0.25) is 0 Å². The molecule has 0 aliphatic carbocycles. The van der Waals surface area contributed by atoms with E-state index in [4.69, 9.17) is 0 Å². The van der Waals surface area contributed by atoms with Crippen LogP contribution in [0.15, 0.2) is 54.6 Å². The van der Waals surface area contributed by atoms with Gasteiger partial charge in [0.1, 0.15) is 5.69 Å². The van der Waals surface area contributed by atoms with Gasteiger partial charge in [0.25, 0.3) is 11.6 Å². The second kappa shape index (κ2) is 7.30. The zero-order valence-corrected chi connectivity index (χ0v) is 16.2. The first-order valence-corrected chi connectivity index (χ1v) is 8.94. The summed E-state index contributed by atoms with van der Waals surface area (Å²) in [5, 5.41) is 11.7. The lowest BCUT2D eigenvalue weighted by Crippen LogP contribution is -3.00. The van der Waals surface area contributed by atoms with Gasteiger partial charge >= 0.3 is 0 Å². The van der Waals surface area contributed by atoms with Crippen molar-refractivity contribution >= 4 is 11.5 Å². The Balaban J connectivity index is 0.00000182. The summed E-state index contributed by atoms with van der Waals surface area (Å²) < 4.78 is 2.25. The van der Waals surface area contributed by atoms with E-state index in [9.17, 15) is 5.11 Å². The Labute approximate surface area is 160 Å². The molecular weight excluding hydrogens is 376 g/mol. The van der Waals surface area contributed by atoms with E-state index in [-0.39, 0.29) is 17.0 Å². The van der Waals surface area contributed by atoms with Crippen molar-refractivity contribution in [1.29, 1.82) is 0 Å². The quantitative estimate of drug-likeness (QED) is 0.749. The van der Waals surface area contributed by atoms with Gasteiger partial charge in [-0.2, -0.15) is 0 Å². The maximum atomic E-state index is 11.7. The summed E-state index contributed by atoms with van der Waals surface area (Å²) in [5.74, 6) is 1.27. The zero-order chi connectivity index (χ0) is 16.6. The van der Waals surface area contributed by atoms with Gasteiger partial charge in [-0.1, -0.05) is 48.0 Å². The van der Waals surface area contributed by atoms with Crippen LogP contribution < -0.4 is 21.9 Å². The molecule has 2 aliphatic heterocycles. The predicted molar refractivity (Wildman–Crippen MR) is 97.5 cm³/mol. The fraction of sp³-hybridized carbons (Fsp3) is 0.381. The highest BCUT2D eigenvalue weighted by Gasteiger charge is 2.51. The molecule has 2 aromatic carbocycles. The average molecular weight is 401 g/mol. The van der Waals surface area contributed by atoms with E-state index in [0.717, 1.165) is 24.9 Å². The molecule has 2 heterocycles. The van der Waals surface area contributed by atoms with E-state index < -0.39 is 5.72 Å². The molecule has 0 spiro atoms. The Kier molecular flexibility index (Phi) is 5.30. The van der Waals surface area contributed by atoms with Crippen molar-refractivity contribution in [2.75, 3.05) is 18.0 Å². The molecule has 3 nitrogen and oxygen atoms in total. The lowest BCUT2D eigenvalue weighted by molar-refractivity contribution is -0.658. The first-order valence-electron chi connectivity index (χ1n) is 8.94. The summed E-state index contributed by atoms with van der Waals surface area (Å²) in [4.78, 5) is 2.31. The smallest absolute Gasteiger partial charge is 0.271 e. The first kappa shape index (κ1) is 18.2. The van der Waals surface area contributed by atoms with Crippen LogP contribution in [0.5, 0.6) is 0 Å². The number of halogens is 1. The van der Waals surface area contributed by atoms with Crippen molar-refractivity contribution in [2.45, 2.75) is 38.3 Å². The van der Waals surface area contributed by atoms with Crippen molar-refractivity contribution in [2.24, 2.45) is 0 Å². The summed E-state index contributed by atoms with van der Waals surface area (Å²) in [7, 11) is 0. The lowest BCUT2D eigenvalue weighted by Gasteiger charge is -2.23. The molecule has 0 bridgehead atoms. The maximum Gasteiger partial charge on any atom is 0.271 e. The molecule has 2 aliphatic rings. The molecule has 1 unspecified atom stereocenters. The highest BCUT2D eigenvalue weighted by Crippen LogP contribution is 2.35. The Hall–Kier alpha value is -1.65. The number of para-hydroxylation sites is 1. The summed E-state index contributed by atoms with van der Waals surface area (Å²) in [6.45, 7) is 3.60. The molecule has 2 aromatic rings. The van der Waals surface area contributed by atoms with E-state index in [2.05, 4.69) is 64.9 Å². The number of nitrogens with zero attached hydrogens (tertiary/aromatic N) is 2. The average Bonchev–Trinajstić information content (AvgIpc) is 2.77. The number of hydrogen-bond donors (Lipinski definition) is 1. The fourth-order valence-corrected chi connectivity index (χ4v) is 3.99. The monoisotopic (exact) mass is 400 g/mol. The minimum atomic E-state index is -0.941. The maximum absolute atomic E-state index is 11.7. The molecule has 0 radical (unpaired) electrons. The van der Waals surface area contributed by atoms with Gasteiger partial charge in [-0.05, 0) is 38.3 Å². The van der Waals surface area contributed by atoms with Crippen LogP contribution in [0.3, 0.4) is 0 Å². The topological polar surface area (TPSA) is 26.5 Å². The van der Waals surface area contributed by atoms with Crippen molar-refractivity contribution in [3.8, 4) is 0 Å². The minimum absolute atomic E-state index is 0. The van der Waals surface area contributed by atoms with E-state index in [1.165, 1.54) is 29.9 Å². The van der Waals surface area contributed by atoms with Gasteiger partial charge in [0, 0.05) is 12.0 Å². The van der Waals surface area contributed by atoms with Crippen LogP contribution in [-0.2, 0) is 5.72 Å². The minimum Gasteiger partial charge on any atom is -1.00 e. The molecule has 0 fully saturated rings. The van der Waals surface area contributed by atoms with Crippen LogP contribution >= 0.6 is 0 Å². The largest absolute Gasteiger partial charge is 1.00 e. The van der Waals surface area contributed by atoms with Gasteiger partial charge in [0.05, 0.1) is 6.54 Å². The number of aryl methyl sites for hydroxylation is 1. The van der Waals surface area contributed by atoms with E-state index in [1.54, 1.807) is 0 Å². The summed E-state index contributed by atoms with van der Waals surface area (Å²) in [6.07, 6.45) is 4.59. The molecule has 0 saturated heterocycles. The third-order valence-electron chi connectivity index (χ3n) is 5.31. The van der Waals surface area contributed by atoms with Crippen molar-refractivity contribution in [3.63, 3.8) is 0 Å². The van der Waals surface area contributed by atoms with E-state index in [0.29, 0.717) is 6.54 Å². The third kappa shape index (κ3) is 3.25. The molecule has 4 heteroatoms. The Morgan fingerprint density at radius 1 is 0.960 bits per heavy atom. The van der Waals surface area contributed by atoms with Crippen LogP contribution in [0.1, 0.15) is 36.8 Å². The number of benzene rings is 2. The molecule has 25 heavy (non-hydrogen) atoms. The summed E-state index contributed by atoms with van der Waals surface area (Å²) in [6, 6.07) is 18.8. The molecule has 0 amide bonds. The second-order valence-electron chi connectivity index (χ2n) is 6.98. The molecular formula is C21H25BrN2O. The van der Waals surface area contributed by atoms with Crippen molar-refractivity contribution in [1.82, 2.24) is 0 Å². The van der Waals surface area contributed by atoms with Gasteiger partial charge in [0.15, 0.2) is 6.54 Å². The SMILES string of the molecule is Cc1ccc(C2(O)CN(c3ccccc3)C3=[N+]2CCCCC3)cc1.[Br-]. The summed E-state index contributed by atoms with van der Waals surface area (Å²) >= 11 is 0. The first-order chi connectivity index (χ1) is 11.7. The van der Waals surface area contributed by atoms with E-state index in [1.807, 2.05) is 6.07 Å². The van der Waals surface area contributed by atoms with Gasteiger partial charge < -0.3 is 22.1 Å².